The first-order valence-electron chi connectivity index (χ1n) is 4.22. The predicted octanol–water partition coefficient (Wildman–Crippen LogP) is 1.49. The second-order valence-electron chi connectivity index (χ2n) is 3.02. The Balaban J connectivity index is 2.85. The van der Waals surface area contributed by atoms with Crippen molar-refractivity contribution in [3.8, 4) is 0 Å². The van der Waals surface area contributed by atoms with Gasteiger partial charge in [-0.1, -0.05) is 0 Å². The number of hydrogen-bond donors (Lipinski definition) is 2. The zero-order valence-corrected chi connectivity index (χ0v) is 7.73. The molecule has 0 aliphatic carbocycles. The molecule has 0 spiro atoms. The first kappa shape index (κ1) is 11.5. The highest BCUT2D eigenvalue weighted by Crippen LogP contribution is 2.20. The van der Waals surface area contributed by atoms with Crippen molar-refractivity contribution in [1.29, 1.82) is 0 Å². The highest BCUT2D eigenvalue weighted by molar-refractivity contribution is 5.67. The average molecular weight is 216 g/mol. The maximum absolute atomic E-state index is 12.3. The van der Waals surface area contributed by atoms with Gasteiger partial charge in [-0.15, -0.1) is 0 Å². The molecule has 1 heterocycles. The van der Waals surface area contributed by atoms with Crippen LogP contribution in [-0.4, -0.2) is 16.1 Å². The van der Waals surface area contributed by atoms with Crippen LogP contribution in [-0.2, 0) is 4.79 Å². The van der Waals surface area contributed by atoms with Crippen molar-refractivity contribution in [2.45, 2.75) is 18.9 Å². The highest BCUT2D eigenvalue weighted by atomic mass is 19.3. The molecule has 6 heteroatoms. The van der Waals surface area contributed by atoms with Gasteiger partial charge in [-0.05, 0) is 17.7 Å². The molecule has 0 fully saturated rings. The van der Waals surface area contributed by atoms with Crippen LogP contribution in [0.3, 0.4) is 0 Å². The molecule has 0 saturated carbocycles. The van der Waals surface area contributed by atoms with E-state index in [9.17, 15) is 13.6 Å². The van der Waals surface area contributed by atoms with E-state index in [0.29, 0.717) is 5.56 Å². The Morgan fingerprint density at radius 2 is 2.27 bits per heavy atom. The van der Waals surface area contributed by atoms with Gasteiger partial charge in [0.2, 0.25) is 0 Å². The van der Waals surface area contributed by atoms with E-state index in [4.69, 9.17) is 10.8 Å². The van der Waals surface area contributed by atoms with Crippen LogP contribution in [0.25, 0.3) is 0 Å². The number of alkyl halides is 2. The molecule has 1 atom stereocenters. The van der Waals surface area contributed by atoms with Crippen molar-refractivity contribution in [1.82, 2.24) is 4.98 Å². The number of aliphatic carboxylic acids is 1. The molecule has 15 heavy (non-hydrogen) atoms. The van der Waals surface area contributed by atoms with Gasteiger partial charge in [-0.3, -0.25) is 9.78 Å². The molecule has 0 aromatic carbocycles. The summed E-state index contributed by atoms with van der Waals surface area (Å²) in [6.45, 7) is 0. The Bertz CT molecular complexity index is 358. The van der Waals surface area contributed by atoms with E-state index < -0.39 is 24.1 Å². The molecule has 1 rings (SSSR count). The fourth-order valence-corrected chi connectivity index (χ4v) is 1.12. The van der Waals surface area contributed by atoms with Crippen LogP contribution < -0.4 is 5.73 Å². The van der Waals surface area contributed by atoms with Gasteiger partial charge >= 0.3 is 5.97 Å². The quantitative estimate of drug-likeness (QED) is 0.799. The molecule has 3 N–H and O–H groups in total. The average Bonchev–Trinajstić information content (AvgIpc) is 2.17. The normalized spacial score (nSPS) is 12.8. The summed E-state index contributed by atoms with van der Waals surface area (Å²) >= 11 is 0. The van der Waals surface area contributed by atoms with E-state index in [-0.39, 0.29) is 6.42 Å². The maximum atomic E-state index is 12.3. The van der Waals surface area contributed by atoms with Crippen molar-refractivity contribution in [2.24, 2.45) is 5.73 Å². The minimum absolute atomic E-state index is 0.299. The standard InChI is InChI=1S/C9H10F2N2O2/c10-9(11)7-3-5(1-2-13-7)6(12)4-8(14)15/h1-3,6,9H,4,12H2,(H,14,15). The first-order valence-corrected chi connectivity index (χ1v) is 4.22. The Morgan fingerprint density at radius 1 is 1.60 bits per heavy atom. The second-order valence-corrected chi connectivity index (χ2v) is 3.02. The van der Waals surface area contributed by atoms with E-state index in [1.54, 1.807) is 0 Å². The zero-order valence-electron chi connectivity index (χ0n) is 7.73. The fourth-order valence-electron chi connectivity index (χ4n) is 1.12. The van der Waals surface area contributed by atoms with Gasteiger partial charge in [0.1, 0.15) is 5.69 Å². The summed E-state index contributed by atoms with van der Waals surface area (Å²) < 4.78 is 24.5. The summed E-state index contributed by atoms with van der Waals surface area (Å²) in [7, 11) is 0. The lowest BCUT2D eigenvalue weighted by Gasteiger charge is -2.09. The van der Waals surface area contributed by atoms with Gasteiger partial charge in [-0.25, -0.2) is 8.78 Å². The Hall–Kier alpha value is -1.56. The van der Waals surface area contributed by atoms with Crippen LogP contribution in [0.5, 0.6) is 0 Å². The summed E-state index contributed by atoms with van der Waals surface area (Å²) in [6.07, 6.45) is -1.78. The third kappa shape index (κ3) is 3.25. The number of pyridine rings is 1. The van der Waals surface area contributed by atoms with Crippen molar-refractivity contribution < 1.29 is 18.7 Å². The van der Waals surface area contributed by atoms with Gasteiger partial charge in [0.05, 0.1) is 6.42 Å². The smallest absolute Gasteiger partial charge is 0.305 e. The Kier molecular flexibility index (Phi) is 3.68. The minimum atomic E-state index is -2.68. The summed E-state index contributed by atoms with van der Waals surface area (Å²) in [5.74, 6) is -1.07. The summed E-state index contributed by atoms with van der Waals surface area (Å²) in [6, 6.07) is 1.76. The molecule has 0 saturated heterocycles. The predicted molar refractivity (Wildman–Crippen MR) is 48.4 cm³/mol. The maximum Gasteiger partial charge on any atom is 0.305 e. The molecular formula is C9H10F2N2O2. The second kappa shape index (κ2) is 4.79. The topological polar surface area (TPSA) is 76.2 Å². The molecule has 1 aromatic rings. The molecule has 1 aromatic heterocycles. The number of aromatic nitrogens is 1. The lowest BCUT2D eigenvalue weighted by molar-refractivity contribution is -0.137. The third-order valence-electron chi connectivity index (χ3n) is 1.85. The van der Waals surface area contributed by atoms with Crippen molar-refractivity contribution in [2.75, 3.05) is 0 Å². The molecular weight excluding hydrogens is 206 g/mol. The number of carbonyl (C=O) groups is 1. The molecule has 0 aliphatic rings. The first-order chi connectivity index (χ1) is 7.00. The Labute approximate surface area is 84.7 Å². The van der Waals surface area contributed by atoms with Gasteiger partial charge in [-0.2, -0.15) is 0 Å². The molecule has 0 bridgehead atoms. The SMILES string of the molecule is NC(CC(=O)O)c1ccnc(C(F)F)c1. The van der Waals surface area contributed by atoms with Crippen LogP contribution in [0.15, 0.2) is 18.3 Å². The number of carboxylic acids is 1. The van der Waals surface area contributed by atoms with Gasteiger partial charge < -0.3 is 10.8 Å². The number of halogens is 2. The number of nitrogens with zero attached hydrogens (tertiary/aromatic N) is 1. The fraction of sp³-hybridized carbons (Fsp3) is 0.333. The van der Waals surface area contributed by atoms with E-state index >= 15 is 0 Å². The number of rotatable bonds is 4. The molecule has 0 aliphatic heterocycles. The lowest BCUT2D eigenvalue weighted by atomic mass is 10.1. The van der Waals surface area contributed by atoms with E-state index in [1.165, 1.54) is 12.3 Å². The third-order valence-corrected chi connectivity index (χ3v) is 1.85. The van der Waals surface area contributed by atoms with Crippen molar-refractivity contribution >= 4 is 5.97 Å². The number of hydrogen-bond acceptors (Lipinski definition) is 3. The lowest BCUT2D eigenvalue weighted by Crippen LogP contribution is -2.15. The molecule has 4 nitrogen and oxygen atoms in total. The van der Waals surface area contributed by atoms with Crippen LogP contribution in [0.2, 0.25) is 0 Å². The van der Waals surface area contributed by atoms with Crippen molar-refractivity contribution in [3.05, 3.63) is 29.6 Å². The van der Waals surface area contributed by atoms with E-state index in [2.05, 4.69) is 4.98 Å². The van der Waals surface area contributed by atoms with E-state index in [0.717, 1.165) is 6.07 Å². The molecule has 0 amide bonds. The van der Waals surface area contributed by atoms with Crippen LogP contribution in [0.4, 0.5) is 8.78 Å². The molecule has 82 valence electrons. The molecule has 1 unspecified atom stereocenters. The van der Waals surface area contributed by atoms with Crippen LogP contribution in [0, 0.1) is 0 Å². The largest absolute Gasteiger partial charge is 0.481 e. The van der Waals surface area contributed by atoms with E-state index in [1.807, 2.05) is 0 Å². The summed E-state index contributed by atoms with van der Waals surface area (Å²) in [5, 5.41) is 8.48. The summed E-state index contributed by atoms with van der Waals surface area (Å²) in [5.41, 5.74) is 5.47. The van der Waals surface area contributed by atoms with Gasteiger partial charge in [0, 0.05) is 12.2 Å². The monoisotopic (exact) mass is 216 g/mol. The number of carboxylic acid groups (broad SMARTS) is 1. The molecule has 0 radical (unpaired) electrons. The van der Waals surface area contributed by atoms with Crippen LogP contribution in [0.1, 0.15) is 30.1 Å². The minimum Gasteiger partial charge on any atom is -0.481 e. The summed E-state index contributed by atoms with van der Waals surface area (Å²) in [4.78, 5) is 13.8. The van der Waals surface area contributed by atoms with Gasteiger partial charge in [0.15, 0.2) is 0 Å². The number of nitrogens with two attached hydrogens (primary N) is 1. The highest BCUT2D eigenvalue weighted by Gasteiger charge is 2.14. The van der Waals surface area contributed by atoms with Crippen LogP contribution >= 0.6 is 0 Å². The zero-order chi connectivity index (χ0) is 11.4. The van der Waals surface area contributed by atoms with Gasteiger partial charge in [0.25, 0.3) is 6.43 Å². The van der Waals surface area contributed by atoms with Crippen molar-refractivity contribution in [3.63, 3.8) is 0 Å². The Morgan fingerprint density at radius 3 is 2.80 bits per heavy atom.